The van der Waals surface area contributed by atoms with Gasteiger partial charge in [-0.05, 0) is 35.7 Å². The Labute approximate surface area is 145 Å². The van der Waals surface area contributed by atoms with Gasteiger partial charge in [0, 0.05) is 48.2 Å². The Morgan fingerprint density at radius 2 is 2.04 bits per heavy atom. The molecule has 4 rings (SSSR count). The van der Waals surface area contributed by atoms with E-state index < -0.39 is 0 Å². The summed E-state index contributed by atoms with van der Waals surface area (Å²) < 4.78 is 14.0. The van der Waals surface area contributed by atoms with E-state index in [1.165, 1.54) is 6.07 Å². The molecule has 2 aliphatic rings. The fourth-order valence-electron chi connectivity index (χ4n) is 3.90. The molecule has 5 heteroatoms. The zero-order valence-electron chi connectivity index (χ0n) is 13.1. The maximum absolute atomic E-state index is 14.0. The van der Waals surface area contributed by atoms with Crippen LogP contribution in [-0.2, 0) is 6.54 Å². The lowest BCUT2D eigenvalue weighted by molar-refractivity contribution is 0.0951. The van der Waals surface area contributed by atoms with E-state index in [4.69, 9.17) is 11.6 Å². The third-order valence-electron chi connectivity index (χ3n) is 5.05. The van der Waals surface area contributed by atoms with E-state index in [0.717, 1.165) is 24.2 Å². The molecular formula is C19H18ClFN2O. The number of carbonyl (C=O) groups is 1. The lowest BCUT2D eigenvalue weighted by atomic mass is 9.87. The van der Waals surface area contributed by atoms with Crippen molar-refractivity contribution in [1.29, 1.82) is 0 Å². The second-order valence-corrected chi connectivity index (χ2v) is 7.03. The summed E-state index contributed by atoms with van der Waals surface area (Å²) in [5.74, 6) is 0.426. The number of nitrogens with one attached hydrogen (secondary N) is 1. The normalized spacial score (nSPS) is 23.3. The minimum atomic E-state index is -0.222. The average molecular weight is 345 g/mol. The Morgan fingerprint density at radius 3 is 2.92 bits per heavy atom. The molecule has 2 aromatic rings. The van der Waals surface area contributed by atoms with E-state index in [2.05, 4.69) is 10.2 Å². The predicted molar refractivity (Wildman–Crippen MR) is 91.7 cm³/mol. The molecule has 0 bridgehead atoms. The smallest absolute Gasteiger partial charge is 0.251 e. The number of halogens is 2. The van der Waals surface area contributed by atoms with Gasteiger partial charge >= 0.3 is 0 Å². The molecule has 2 atom stereocenters. The van der Waals surface area contributed by atoms with Gasteiger partial charge in [-0.2, -0.15) is 0 Å². The molecule has 2 aromatic carbocycles. The SMILES string of the molecule is O=C1NC[C@H]2CN(Cc3cc(Cl)ccc3F)C[C@@H]2c2ccccc21. The third kappa shape index (κ3) is 2.80. The molecule has 2 aliphatic heterocycles. The van der Waals surface area contributed by atoms with Crippen molar-refractivity contribution >= 4 is 17.5 Å². The van der Waals surface area contributed by atoms with Crippen LogP contribution in [0.15, 0.2) is 42.5 Å². The van der Waals surface area contributed by atoms with Crippen LogP contribution >= 0.6 is 11.6 Å². The van der Waals surface area contributed by atoms with Crippen LogP contribution in [0.25, 0.3) is 0 Å². The van der Waals surface area contributed by atoms with E-state index in [9.17, 15) is 9.18 Å². The van der Waals surface area contributed by atoms with Gasteiger partial charge in [0.15, 0.2) is 0 Å². The van der Waals surface area contributed by atoms with E-state index in [1.807, 2.05) is 24.3 Å². The molecule has 3 nitrogen and oxygen atoms in total. The molecule has 0 radical (unpaired) electrons. The van der Waals surface area contributed by atoms with Gasteiger partial charge in [-0.25, -0.2) is 4.39 Å². The fourth-order valence-corrected chi connectivity index (χ4v) is 4.10. The molecule has 1 amide bonds. The molecule has 1 N–H and O–H groups in total. The van der Waals surface area contributed by atoms with Crippen LogP contribution in [0.2, 0.25) is 5.02 Å². The number of likely N-dealkylation sites (tertiary alicyclic amines) is 1. The van der Waals surface area contributed by atoms with Gasteiger partial charge in [0.25, 0.3) is 5.91 Å². The highest BCUT2D eigenvalue weighted by Crippen LogP contribution is 2.36. The number of fused-ring (bicyclic) bond motifs is 3. The second kappa shape index (κ2) is 6.19. The molecule has 24 heavy (non-hydrogen) atoms. The summed E-state index contributed by atoms with van der Waals surface area (Å²) in [5.41, 5.74) is 2.49. The van der Waals surface area contributed by atoms with Gasteiger partial charge in [-0.3, -0.25) is 9.69 Å². The Bertz CT molecular complexity index is 795. The van der Waals surface area contributed by atoms with E-state index in [-0.39, 0.29) is 11.7 Å². The second-order valence-electron chi connectivity index (χ2n) is 6.59. The molecule has 124 valence electrons. The maximum Gasteiger partial charge on any atom is 0.251 e. The van der Waals surface area contributed by atoms with Crippen molar-refractivity contribution in [3.63, 3.8) is 0 Å². The van der Waals surface area contributed by atoms with Gasteiger partial charge in [-0.1, -0.05) is 29.8 Å². The van der Waals surface area contributed by atoms with Gasteiger partial charge in [0.2, 0.25) is 0 Å². The van der Waals surface area contributed by atoms with Gasteiger partial charge in [0.05, 0.1) is 0 Å². The van der Waals surface area contributed by atoms with Crippen molar-refractivity contribution in [1.82, 2.24) is 10.2 Å². The molecule has 1 fully saturated rings. The van der Waals surface area contributed by atoms with E-state index in [0.29, 0.717) is 35.5 Å². The van der Waals surface area contributed by atoms with Crippen LogP contribution in [0.1, 0.15) is 27.4 Å². The summed E-state index contributed by atoms with van der Waals surface area (Å²) in [6.07, 6.45) is 0. The van der Waals surface area contributed by atoms with Crippen LogP contribution in [-0.4, -0.2) is 30.4 Å². The molecule has 1 saturated heterocycles. The maximum atomic E-state index is 14.0. The van der Waals surface area contributed by atoms with Crippen molar-refractivity contribution < 1.29 is 9.18 Å². The number of amides is 1. The number of carbonyl (C=O) groups excluding carboxylic acids is 1. The summed E-state index contributed by atoms with van der Waals surface area (Å²) in [5, 5.41) is 3.57. The zero-order valence-corrected chi connectivity index (χ0v) is 13.9. The predicted octanol–water partition coefficient (Wildman–Crippen LogP) is 3.44. The zero-order chi connectivity index (χ0) is 16.7. The first kappa shape index (κ1) is 15.6. The average Bonchev–Trinajstić information content (AvgIpc) is 2.93. The quantitative estimate of drug-likeness (QED) is 0.905. The summed E-state index contributed by atoms with van der Waals surface area (Å²) >= 11 is 6.00. The fraction of sp³-hybridized carbons (Fsp3) is 0.316. The largest absolute Gasteiger partial charge is 0.352 e. The van der Waals surface area contributed by atoms with Gasteiger partial charge < -0.3 is 5.32 Å². The highest BCUT2D eigenvalue weighted by atomic mass is 35.5. The Morgan fingerprint density at radius 1 is 1.21 bits per heavy atom. The summed E-state index contributed by atoms with van der Waals surface area (Å²) in [6.45, 7) is 2.86. The number of benzene rings is 2. The van der Waals surface area contributed by atoms with Crippen LogP contribution in [0.3, 0.4) is 0 Å². The minimum absolute atomic E-state index is 0.00688. The Balaban J connectivity index is 1.59. The number of rotatable bonds is 2. The Hall–Kier alpha value is -1.91. The first-order valence-corrected chi connectivity index (χ1v) is 8.53. The molecule has 0 aromatic heterocycles. The standard InChI is InChI=1S/C19H18ClFN2O/c20-14-5-6-18(21)12(7-14)9-23-10-13-8-22-19(24)16-4-2-1-3-15(16)17(13)11-23/h1-7,13,17H,8-11H2,(H,22,24)/t13-,17-/m0/s1. The van der Waals surface area contributed by atoms with Crippen LogP contribution in [0.5, 0.6) is 0 Å². The van der Waals surface area contributed by atoms with Crippen molar-refractivity contribution in [2.24, 2.45) is 5.92 Å². The molecular weight excluding hydrogens is 327 g/mol. The van der Waals surface area contributed by atoms with Crippen molar-refractivity contribution in [2.45, 2.75) is 12.5 Å². The Kier molecular flexibility index (Phi) is 4.02. The number of hydrogen-bond donors (Lipinski definition) is 1. The molecule has 0 unspecified atom stereocenters. The highest BCUT2D eigenvalue weighted by Gasteiger charge is 2.37. The number of nitrogens with zero attached hydrogens (tertiary/aromatic N) is 1. The first-order chi connectivity index (χ1) is 11.6. The minimum Gasteiger partial charge on any atom is -0.352 e. The first-order valence-electron chi connectivity index (χ1n) is 8.15. The molecule has 0 spiro atoms. The summed E-state index contributed by atoms with van der Waals surface area (Å²) in [4.78, 5) is 14.5. The van der Waals surface area contributed by atoms with E-state index >= 15 is 0 Å². The topological polar surface area (TPSA) is 32.3 Å². The monoisotopic (exact) mass is 344 g/mol. The van der Waals surface area contributed by atoms with Gasteiger partial charge in [-0.15, -0.1) is 0 Å². The third-order valence-corrected chi connectivity index (χ3v) is 5.28. The summed E-state index contributed by atoms with van der Waals surface area (Å²) in [7, 11) is 0. The lowest BCUT2D eigenvalue weighted by Gasteiger charge is -2.18. The van der Waals surface area contributed by atoms with Gasteiger partial charge in [0.1, 0.15) is 5.82 Å². The summed E-state index contributed by atoms with van der Waals surface area (Å²) in [6, 6.07) is 12.5. The van der Waals surface area contributed by atoms with Crippen molar-refractivity contribution in [2.75, 3.05) is 19.6 Å². The molecule has 0 saturated carbocycles. The molecule has 2 heterocycles. The van der Waals surface area contributed by atoms with Crippen LogP contribution in [0.4, 0.5) is 4.39 Å². The van der Waals surface area contributed by atoms with Crippen LogP contribution in [0, 0.1) is 11.7 Å². The van der Waals surface area contributed by atoms with Crippen molar-refractivity contribution in [3.05, 3.63) is 70.0 Å². The van der Waals surface area contributed by atoms with Crippen molar-refractivity contribution in [3.8, 4) is 0 Å². The lowest BCUT2D eigenvalue weighted by Crippen LogP contribution is -2.29. The van der Waals surface area contributed by atoms with E-state index in [1.54, 1.807) is 12.1 Å². The number of hydrogen-bond acceptors (Lipinski definition) is 2. The molecule has 0 aliphatic carbocycles. The van der Waals surface area contributed by atoms with Crippen LogP contribution < -0.4 is 5.32 Å². The highest BCUT2D eigenvalue weighted by molar-refractivity contribution is 6.30.